The van der Waals surface area contributed by atoms with Gasteiger partial charge >= 0.3 is 0 Å². The fourth-order valence-corrected chi connectivity index (χ4v) is 2.04. The molecule has 0 unspecified atom stereocenters. The Morgan fingerprint density at radius 2 is 2.25 bits per heavy atom. The number of aromatic nitrogens is 2. The highest BCUT2D eigenvalue weighted by Gasteiger charge is 2.10. The Labute approximate surface area is 101 Å². The van der Waals surface area contributed by atoms with Crippen molar-refractivity contribution in [2.45, 2.75) is 6.10 Å². The summed E-state index contributed by atoms with van der Waals surface area (Å²) in [5.74, 6) is 0. The summed E-state index contributed by atoms with van der Waals surface area (Å²) in [6.45, 7) is -0.0806. The van der Waals surface area contributed by atoms with Crippen LogP contribution in [0.1, 0.15) is 0 Å². The van der Waals surface area contributed by atoms with E-state index in [4.69, 9.17) is 16.7 Å². The fraction of sp³-hybridized carbons (Fsp3) is 0.333. The van der Waals surface area contributed by atoms with Crippen LogP contribution in [0.4, 0.5) is 5.69 Å². The van der Waals surface area contributed by atoms with E-state index in [9.17, 15) is 5.11 Å². The van der Waals surface area contributed by atoms with Gasteiger partial charge in [-0.3, -0.25) is 0 Å². The first-order valence-electron chi connectivity index (χ1n) is 4.66. The molecular formula is C9H10ClN3O2S. The second kappa shape index (κ2) is 4.92. The maximum absolute atomic E-state index is 9.24. The Morgan fingerprint density at radius 3 is 3.00 bits per heavy atom. The number of hydrogen-bond acceptors (Lipinski definition) is 6. The minimum atomic E-state index is -0.821. The number of fused-ring (bicyclic) bond motifs is 1. The molecule has 3 N–H and O–H groups in total. The summed E-state index contributed by atoms with van der Waals surface area (Å²) in [5.41, 5.74) is 2.08. The van der Waals surface area contributed by atoms with Crippen molar-refractivity contribution in [3.8, 4) is 0 Å². The van der Waals surface area contributed by atoms with E-state index in [1.807, 2.05) is 0 Å². The highest BCUT2D eigenvalue weighted by atomic mass is 35.5. The van der Waals surface area contributed by atoms with Crippen molar-refractivity contribution >= 4 is 40.0 Å². The lowest BCUT2D eigenvalue weighted by molar-refractivity contribution is 0.105. The van der Waals surface area contributed by atoms with E-state index in [0.29, 0.717) is 16.2 Å². The molecule has 1 aromatic carbocycles. The molecule has 2 rings (SSSR count). The average molecular weight is 260 g/mol. The van der Waals surface area contributed by atoms with Crippen LogP contribution in [0.2, 0.25) is 5.02 Å². The molecule has 0 spiro atoms. The van der Waals surface area contributed by atoms with Crippen LogP contribution < -0.4 is 5.32 Å². The van der Waals surface area contributed by atoms with Gasteiger partial charge in [-0.05, 0) is 12.1 Å². The molecule has 0 radical (unpaired) electrons. The fourth-order valence-electron chi connectivity index (χ4n) is 1.28. The lowest BCUT2D eigenvalue weighted by Crippen LogP contribution is -2.23. The van der Waals surface area contributed by atoms with Gasteiger partial charge in [-0.1, -0.05) is 11.6 Å². The highest BCUT2D eigenvalue weighted by molar-refractivity contribution is 7.00. The van der Waals surface area contributed by atoms with Crippen LogP contribution in [0.25, 0.3) is 11.0 Å². The van der Waals surface area contributed by atoms with Gasteiger partial charge in [-0.2, -0.15) is 8.75 Å². The van der Waals surface area contributed by atoms with Crippen LogP contribution in [-0.2, 0) is 0 Å². The zero-order chi connectivity index (χ0) is 11.5. The van der Waals surface area contributed by atoms with E-state index < -0.39 is 6.10 Å². The van der Waals surface area contributed by atoms with Crippen molar-refractivity contribution in [2.24, 2.45) is 0 Å². The third-order valence-corrected chi connectivity index (χ3v) is 2.96. The van der Waals surface area contributed by atoms with Gasteiger partial charge in [0.15, 0.2) is 0 Å². The smallest absolute Gasteiger partial charge is 0.129 e. The Kier molecular flexibility index (Phi) is 3.55. The molecule has 7 heteroatoms. The molecule has 0 amide bonds. The van der Waals surface area contributed by atoms with E-state index in [2.05, 4.69) is 14.1 Å². The predicted octanol–water partition coefficient (Wildman–Crippen LogP) is 1.11. The lowest BCUT2D eigenvalue weighted by atomic mass is 10.2. The normalized spacial score (nSPS) is 12.9. The SMILES string of the molecule is OC[C@@H](O)CNc1c(Cl)ccc2nsnc12. The molecule has 1 heterocycles. The molecule has 1 aromatic heterocycles. The summed E-state index contributed by atoms with van der Waals surface area (Å²) in [5, 5.41) is 21.4. The molecule has 0 saturated heterocycles. The summed E-state index contributed by atoms with van der Waals surface area (Å²) in [7, 11) is 0. The number of nitrogens with zero attached hydrogens (tertiary/aromatic N) is 2. The van der Waals surface area contributed by atoms with E-state index in [1.165, 1.54) is 0 Å². The van der Waals surface area contributed by atoms with E-state index >= 15 is 0 Å². The topological polar surface area (TPSA) is 78.3 Å². The van der Waals surface area contributed by atoms with Crippen molar-refractivity contribution in [1.82, 2.24) is 8.75 Å². The first kappa shape index (κ1) is 11.5. The molecule has 16 heavy (non-hydrogen) atoms. The molecule has 86 valence electrons. The summed E-state index contributed by atoms with van der Waals surface area (Å²) < 4.78 is 8.21. The van der Waals surface area contributed by atoms with Gasteiger partial charge < -0.3 is 15.5 Å². The monoisotopic (exact) mass is 259 g/mol. The van der Waals surface area contributed by atoms with Crippen LogP contribution in [0.15, 0.2) is 12.1 Å². The van der Waals surface area contributed by atoms with Crippen LogP contribution in [0.5, 0.6) is 0 Å². The lowest BCUT2D eigenvalue weighted by Gasteiger charge is -2.11. The van der Waals surface area contributed by atoms with Gasteiger partial charge in [0.1, 0.15) is 11.0 Å². The predicted molar refractivity (Wildman–Crippen MR) is 64.0 cm³/mol. The van der Waals surface area contributed by atoms with Crippen LogP contribution in [-0.4, -0.2) is 38.2 Å². The minimum Gasteiger partial charge on any atom is -0.394 e. The maximum atomic E-state index is 9.24. The van der Waals surface area contributed by atoms with Crippen molar-refractivity contribution < 1.29 is 10.2 Å². The van der Waals surface area contributed by atoms with Crippen molar-refractivity contribution in [3.05, 3.63) is 17.2 Å². The number of halogens is 1. The van der Waals surface area contributed by atoms with Crippen molar-refractivity contribution in [2.75, 3.05) is 18.5 Å². The zero-order valence-electron chi connectivity index (χ0n) is 8.22. The van der Waals surface area contributed by atoms with Crippen molar-refractivity contribution in [1.29, 1.82) is 0 Å². The molecule has 0 bridgehead atoms. The largest absolute Gasteiger partial charge is 0.394 e. The quantitative estimate of drug-likeness (QED) is 0.767. The van der Waals surface area contributed by atoms with E-state index in [1.54, 1.807) is 12.1 Å². The number of aliphatic hydroxyl groups excluding tert-OH is 2. The minimum absolute atomic E-state index is 0.215. The number of anilines is 1. The third-order valence-electron chi connectivity index (χ3n) is 2.10. The molecule has 0 aliphatic carbocycles. The maximum Gasteiger partial charge on any atom is 0.129 e. The first-order valence-corrected chi connectivity index (χ1v) is 5.76. The van der Waals surface area contributed by atoms with Gasteiger partial charge in [-0.25, -0.2) is 0 Å². The van der Waals surface area contributed by atoms with Crippen LogP contribution in [0, 0.1) is 0 Å². The molecule has 0 aliphatic heterocycles. The Bertz CT molecular complexity index is 491. The summed E-state index contributed by atoms with van der Waals surface area (Å²) in [4.78, 5) is 0. The molecule has 0 saturated carbocycles. The van der Waals surface area contributed by atoms with Gasteiger partial charge in [0.25, 0.3) is 0 Å². The summed E-state index contributed by atoms with van der Waals surface area (Å²) in [6.07, 6.45) is -0.821. The van der Waals surface area contributed by atoms with Gasteiger partial charge in [-0.15, -0.1) is 0 Å². The third kappa shape index (κ3) is 2.25. The Morgan fingerprint density at radius 1 is 1.44 bits per heavy atom. The Hall–Kier alpha value is -0.950. The van der Waals surface area contributed by atoms with Gasteiger partial charge in [0.2, 0.25) is 0 Å². The summed E-state index contributed by atoms with van der Waals surface area (Å²) >= 11 is 7.12. The van der Waals surface area contributed by atoms with E-state index in [-0.39, 0.29) is 13.2 Å². The number of aliphatic hydroxyl groups is 2. The first-order chi connectivity index (χ1) is 7.72. The number of nitrogens with one attached hydrogen (secondary N) is 1. The molecule has 0 fully saturated rings. The zero-order valence-corrected chi connectivity index (χ0v) is 9.79. The molecule has 5 nitrogen and oxygen atoms in total. The highest BCUT2D eigenvalue weighted by Crippen LogP contribution is 2.29. The standard InChI is InChI=1S/C9H10ClN3O2S/c10-6-1-2-7-9(13-16-12-7)8(6)11-3-5(15)4-14/h1-2,5,11,14-15H,3-4H2/t5-/m0/s1. The number of rotatable bonds is 4. The Balaban J connectivity index is 2.27. The summed E-state index contributed by atoms with van der Waals surface area (Å²) in [6, 6.07) is 3.51. The second-order valence-corrected chi connectivity index (χ2v) is 4.21. The van der Waals surface area contributed by atoms with E-state index in [0.717, 1.165) is 17.2 Å². The number of hydrogen-bond donors (Lipinski definition) is 3. The van der Waals surface area contributed by atoms with Crippen LogP contribution in [0.3, 0.4) is 0 Å². The van der Waals surface area contributed by atoms with Crippen LogP contribution >= 0.6 is 23.3 Å². The molecule has 0 aliphatic rings. The van der Waals surface area contributed by atoms with Crippen molar-refractivity contribution in [3.63, 3.8) is 0 Å². The number of benzene rings is 1. The van der Waals surface area contributed by atoms with Gasteiger partial charge in [0, 0.05) is 6.54 Å². The van der Waals surface area contributed by atoms with Gasteiger partial charge in [0.05, 0.1) is 35.1 Å². The molecule has 2 aromatic rings. The second-order valence-electron chi connectivity index (χ2n) is 3.27. The molecular weight excluding hydrogens is 250 g/mol. The molecule has 1 atom stereocenters. The average Bonchev–Trinajstić information content (AvgIpc) is 2.75.